The maximum Gasteiger partial charge on any atom is 0.228 e. The average molecular weight is 351 g/mol. The Morgan fingerprint density at radius 1 is 0.926 bits per heavy atom. The highest BCUT2D eigenvalue weighted by molar-refractivity contribution is 5.91. The van der Waals surface area contributed by atoms with E-state index in [1.54, 1.807) is 6.33 Å². The van der Waals surface area contributed by atoms with Crippen molar-refractivity contribution in [2.75, 3.05) is 5.73 Å². The van der Waals surface area contributed by atoms with Crippen LogP contribution < -0.4 is 5.73 Å². The largest absolute Gasteiger partial charge is 0.392 e. The third kappa shape index (κ3) is 2.98. The van der Waals surface area contributed by atoms with Gasteiger partial charge in [0.1, 0.15) is 12.1 Å². The minimum atomic E-state index is 0.240. The summed E-state index contributed by atoms with van der Waals surface area (Å²) in [5.74, 6) is 0.240. The topological polar surface area (TPSA) is 69.0 Å². The number of anilines is 1. The fraction of sp³-hybridized carbons (Fsp3) is 0.0909. The van der Waals surface area contributed by atoms with Crippen molar-refractivity contribution in [2.45, 2.75) is 13.8 Å². The molecule has 5 nitrogen and oxygen atoms in total. The summed E-state index contributed by atoms with van der Waals surface area (Å²) in [4.78, 5) is 16.7. The second kappa shape index (κ2) is 6.50. The van der Waals surface area contributed by atoms with Crippen LogP contribution in [0.25, 0.3) is 38.1 Å². The molecule has 0 radical (unpaired) electrons. The zero-order valence-electron chi connectivity index (χ0n) is 15.1. The van der Waals surface area contributed by atoms with Crippen molar-refractivity contribution < 1.29 is 0 Å². The SMILES string of the molecule is [C-]#[N+]c1cc(-c2ccc3ncnc(C)c3c2)c(-c2ccc(C)cc2)nc1N. The van der Waals surface area contributed by atoms with Gasteiger partial charge in [0, 0.05) is 16.6 Å². The monoisotopic (exact) mass is 351 g/mol. The van der Waals surface area contributed by atoms with Gasteiger partial charge in [-0.1, -0.05) is 35.9 Å². The van der Waals surface area contributed by atoms with Crippen LogP contribution in [0.2, 0.25) is 0 Å². The van der Waals surface area contributed by atoms with Gasteiger partial charge in [-0.2, -0.15) is 0 Å². The van der Waals surface area contributed by atoms with Gasteiger partial charge in [-0.15, -0.1) is 0 Å². The molecule has 4 rings (SSSR count). The molecule has 130 valence electrons. The van der Waals surface area contributed by atoms with Crippen LogP contribution in [0.15, 0.2) is 54.9 Å². The number of fused-ring (bicyclic) bond motifs is 1. The Bertz CT molecular complexity index is 1200. The van der Waals surface area contributed by atoms with Crippen molar-refractivity contribution in [2.24, 2.45) is 0 Å². The lowest BCUT2D eigenvalue weighted by atomic mass is 9.96. The van der Waals surface area contributed by atoms with Gasteiger partial charge in [0.2, 0.25) is 5.69 Å². The van der Waals surface area contributed by atoms with Crippen molar-refractivity contribution in [3.05, 3.63) is 77.5 Å². The number of aromatic nitrogens is 3. The van der Waals surface area contributed by atoms with E-state index in [9.17, 15) is 0 Å². The van der Waals surface area contributed by atoms with Gasteiger partial charge < -0.3 is 5.73 Å². The second-order valence-corrected chi connectivity index (χ2v) is 6.46. The Kier molecular flexibility index (Phi) is 4.02. The molecule has 0 saturated heterocycles. The van der Waals surface area contributed by atoms with E-state index in [0.29, 0.717) is 5.69 Å². The van der Waals surface area contributed by atoms with Crippen molar-refractivity contribution in [3.8, 4) is 22.4 Å². The van der Waals surface area contributed by atoms with E-state index >= 15 is 0 Å². The van der Waals surface area contributed by atoms with Crippen LogP contribution in [0.1, 0.15) is 11.3 Å². The zero-order chi connectivity index (χ0) is 19.0. The van der Waals surface area contributed by atoms with Crippen LogP contribution in [0.4, 0.5) is 11.5 Å². The molecule has 0 aliphatic carbocycles. The Morgan fingerprint density at radius 3 is 2.41 bits per heavy atom. The van der Waals surface area contributed by atoms with Crippen LogP contribution in [0, 0.1) is 20.4 Å². The van der Waals surface area contributed by atoms with Gasteiger partial charge in [0.05, 0.1) is 17.8 Å². The molecule has 4 aromatic rings. The first-order chi connectivity index (χ1) is 13.1. The summed E-state index contributed by atoms with van der Waals surface area (Å²) < 4.78 is 0. The fourth-order valence-corrected chi connectivity index (χ4v) is 3.11. The molecule has 27 heavy (non-hydrogen) atoms. The molecular formula is C22H17N5. The summed E-state index contributed by atoms with van der Waals surface area (Å²) in [5, 5.41) is 0.978. The van der Waals surface area contributed by atoms with Crippen LogP contribution in [-0.4, -0.2) is 15.0 Å². The molecule has 0 unspecified atom stereocenters. The Hall–Kier alpha value is -3.78. The molecule has 0 amide bonds. The van der Waals surface area contributed by atoms with E-state index in [1.165, 1.54) is 5.56 Å². The third-order valence-corrected chi connectivity index (χ3v) is 4.62. The van der Waals surface area contributed by atoms with E-state index in [-0.39, 0.29) is 5.82 Å². The number of pyridine rings is 1. The number of nitrogen functional groups attached to an aromatic ring is 1. The predicted molar refractivity (Wildman–Crippen MR) is 108 cm³/mol. The van der Waals surface area contributed by atoms with Gasteiger partial charge in [-0.05, 0) is 43.2 Å². The summed E-state index contributed by atoms with van der Waals surface area (Å²) in [6, 6.07) is 15.9. The first-order valence-corrected chi connectivity index (χ1v) is 8.53. The summed E-state index contributed by atoms with van der Waals surface area (Å²) >= 11 is 0. The quantitative estimate of drug-likeness (QED) is 0.510. The standard InChI is InChI=1S/C22H17N5/c1-13-4-6-15(7-5-13)21-18(11-20(24-3)22(23)27-21)16-8-9-19-17(10-16)14(2)25-12-26-19/h4-12H,1-2H3,(H2,23,27). The molecule has 0 saturated carbocycles. The molecular weight excluding hydrogens is 334 g/mol. The maximum atomic E-state index is 7.40. The second-order valence-electron chi connectivity index (χ2n) is 6.46. The highest BCUT2D eigenvalue weighted by Gasteiger charge is 2.14. The van der Waals surface area contributed by atoms with Gasteiger partial charge in [-0.25, -0.2) is 19.8 Å². The van der Waals surface area contributed by atoms with Gasteiger partial charge >= 0.3 is 0 Å². The smallest absolute Gasteiger partial charge is 0.228 e. The highest BCUT2D eigenvalue weighted by atomic mass is 14.9. The molecule has 0 atom stereocenters. The van der Waals surface area contributed by atoms with Crippen LogP contribution in [0.3, 0.4) is 0 Å². The molecule has 5 heteroatoms. The van der Waals surface area contributed by atoms with Crippen molar-refractivity contribution in [1.82, 2.24) is 15.0 Å². The lowest BCUT2D eigenvalue weighted by molar-refractivity contribution is 1.15. The van der Waals surface area contributed by atoms with Crippen molar-refractivity contribution in [3.63, 3.8) is 0 Å². The summed E-state index contributed by atoms with van der Waals surface area (Å²) in [6.07, 6.45) is 1.57. The van der Waals surface area contributed by atoms with E-state index < -0.39 is 0 Å². The fourth-order valence-electron chi connectivity index (χ4n) is 3.11. The first kappa shape index (κ1) is 16.7. The predicted octanol–water partition coefficient (Wildman–Crippen LogP) is 5.11. The Morgan fingerprint density at radius 2 is 1.67 bits per heavy atom. The maximum absolute atomic E-state index is 7.40. The number of benzene rings is 2. The van der Waals surface area contributed by atoms with Crippen LogP contribution in [0.5, 0.6) is 0 Å². The minimum absolute atomic E-state index is 0.240. The molecule has 0 aliphatic heterocycles. The van der Waals surface area contributed by atoms with E-state index in [1.807, 2.05) is 62.4 Å². The summed E-state index contributed by atoms with van der Waals surface area (Å²) in [6.45, 7) is 11.4. The van der Waals surface area contributed by atoms with Crippen LogP contribution >= 0.6 is 0 Å². The van der Waals surface area contributed by atoms with E-state index in [4.69, 9.17) is 12.3 Å². The number of rotatable bonds is 2. The van der Waals surface area contributed by atoms with Crippen molar-refractivity contribution >= 4 is 22.4 Å². The average Bonchev–Trinajstić information content (AvgIpc) is 2.68. The minimum Gasteiger partial charge on any atom is -0.392 e. The Balaban J connectivity index is 2.00. The van der Waals surface area contributed by atoms with E-state index in [0.717, 1.165) is 39.0 Å². The molecule has 0 bridgehead atoms. The number of nitrogens with zero attached hydrogens (tertiary/aromatic N) is 4. The van der Waals surface area contributed by atoms with Gasteiger partial charge in [-0.3, -0.25) is 0 Å². The molecule has 2 aromatic carbocycles. The lowest BCUT2D eigenvalue weighted by Crippen LogP contribution is -1.97. The van der Waals surface area contributed by atoms with E-state index in [2.05, 4.69) is 19.8 Å². The number of nitrogens with two attached hydrogens (primary N) is 1. The molecule has 2 heterocycles. The number of hydrogen-bond acceptors (Lipinski definition) is 4. The van der Waals surface area contributed by atoms with Gasteiger partial charge in [0.15, 0.2) is 0 Å². The number of hydrogen-bond donors (Lipinski definition) is 1. The lowest BCUT2D eigenvalue weighted by Gasteiger charge is -2.13. The first-order valence-electron chi connectivity index (χ1n) is 8.53. The summed E-state index contributed by atoms with van der Waals surface area (Å²) in [5.41, 5.74) is 12.9. The Labute approximate surface area is 157 Å². The van der Waals surface area contributed by atoms with Crippen LogP contribution in [-0.2, 0) is 0 Å². The summed E-state index contributed by atoms with van der Waals surface area (Å²) in [7, 11) is 0. The zero-order valence-corrected chi connectivity index (χ0v) is 15.1. The highest BCUT2D eigenvalue weighted by Crippen LogP contribution is 2.37. The van der Waals surface area contributed by atoms with Gasteiger partial charge in [0.25, 0.3) is 0 Å². The number of aryl methyl sites for hydroxylation is 2. The third-order valence-electron chi connectivity index (χ3n) is 4.62. The molecule has 2 aromatic heterocycles. The normalized spacial score (nSPS) is 10.7. The molecule has 0 fully saturated rings. The van der Waals surface area contributed by atoms with Crippen molar-refractivity contribution in [1.29, 1.82) is 0 Å². The molecule has 0 aliphatic rings. The molecule has 2 N–H and O–H groups in total. The molecule has 0 spiro atoms.